The SMILES string of the molecule is OC1(Cl)N=Cc2cc(Br)ccc2N1. The van der Waals surface area contributed by atoms with Crippen molar-refractivity contribution in [3.63, 3.8) is 0 Å². The van der Waals surface area contributed by atoms with Gasteiger partial charge in [0.2, 0.25) is 0 Å². The highest BCUT2D eigenvalue weighted by Gasteiger charge is 2.25. The zero-order chi connectivity index (χ0) is 9.47. The number of rotatable bonds is 0. The fourth-order valence-electron chi connectivity index (χ4n) is 1.11. The Morgan fingerprint density at radius 1 is 1.54 bits per heavy atom. The topological polar surface area (TPSA) is 44.6 Å². The number of hydrogen-bond donors (Lipinski definition) is 2. The number of halogens is 2. The molecule has 0 fully saturated rings. The highest BCUT2D eigenvalue weighted by molar-refractivity contribution is 9.10. The molecule has 68 valence electrons. The number of fused-ring (bicyclic) bond motifs is 1. The van der Waals surface area contributed by atoms with Crippen molar-refractivity contribution in [3.05, 3.63) is 28.2 Å². The summed E-state index contributed by atoms with van der Waals surface area (Å²) in [4.78, 5) is 3.71. The Balaban J connectivity index is 2.47. The first kappa shape index (κ1) is 8.99. The van der Waals surface area contributed by atoms with Crippen LogP contribution in [0.4, 0.5) is 5.69 Å². The standard InChI is InChI=1S/C8H6BrClN2O/c9-6-1-2-7-5(3-6)4-11-8(10,13)12-7/h1-4,12-13H. The van der Waals surface area contributed by atoms with E-state index in [0.717, 1.165) is 15.7 Å². The zero-order valence-corrected chi connectivity index (χ0v) is 8.80. The van der Waals surface area contributed by atoms with Gasteiger partial charge in [0.05, 0.1) is 0 Å². The highest BCUT2D eigenvalue weighted by Crippen LogP contribution is 2.27. The summed E-state index contributed by atoms with van der Waals surface area (Å²) in [6.07, 6.45) is 1.53. The van der Waals surface area contributed by atoms with E-state index >= 15 is 0 Å². The van der Waals surface area contributed by atoms with Crippen molar-refractivity contribution in [2.24, 2.45) is 4.99 Å². The lowest BCUT2D eigenvalue weighted by atomic mass is 10.2. The van der Waals surface area contributed by atoms with Crippen LogP contribution in [0.5, 0.6) is 0 Å². The first-order chi connectivity index (χ1) is 6.07. The average molecular weight is 262 g/mol. The van der Waals surface area contributed by atoms with Crippen LogP contribution in [0.3, 0.4) is 0 Å². The molecule has 0 aliphatic carbocycles. The number of hydrogen-bond acceptors (Lipinski definition) is 3. The molecular formula is C8H6BrClN2O. The molecule has 3 nitrogen and oxygen atoms in total. The number of nitrogens with one attached hydrogen (secondary N) is 1. The summed E-state index contributed by atoms with van der Waals surface area (Å²) in [7, 11) is 0. The molecule has 0 bridgehead atoms. The third-order valence-electron chi connectivity index (χ3n) is 1.68. The van der Waals surface area contributed by atoms with Crippen molar-refractivity contribution in [3.8, 4) is 0 Å². The molecule has 0 radical (unpaired) electrons. The van der Waals surface area contributed by atoms with Gasteiger partial charge >= 0.3 is 5.31 Å². The lowest BCUT2D eigenvalue weighted by molar-refractivity contribution is 0.169. The summed E-state index contributed by atoms with van der Waals surface area (Å²) < 4.78 is 0.958. The van der Waals surface area contributed by atoms with E-state index in [-0.39, 0.29) is 0 Å². The molecule has 0 aromatic heterocycles. The molecular weight excluding hydrogens is 255 g/mol. The predicted molar refractivity (Wildman–Crippen MR) is 56.2 cm³/mol. The van der Waals surface area contributed by atoms with Gasteiger partial charge in [-0.05, 0) is 29.8 Å². The van der Waals surface area contributed by atoms with Gasteiger partial charge in [0.15, 0.2) is 0 Å². The molecule has 5 heteroatoms. The van der Waals surface area contributed by atoms with Gasteiger partial charge in [-0.3, -0.25) is 0 Å². The molecule has 2 N–H and O–H groups in total. The minimum absolute atomic E-state index is 0.760. The van der Waals surface area contributed by atoms with E-state index in [4.69, 9.17) is 11.6 Å². The van der Waals surface area contributed by atoms with Gasteiger partial charge in [-0.15, -0.1) is 0 Å². The molecule has 1 atom stereocenters. The molecule has 1 unspecified atom stereocenters. The van der Waals surface area contributed by atoms with Gasteiger partial charge in [0, 0.05) is 21.9 Å². The Morgan fingerprint density at radius 3 is 3.08 bits per heavy atom. The molecule has 0 saturated carbocycles. The summed E-state index contributed by atoms with van der Waals surface area (Å²) in [6, 6.07) is 5.56. The summed E-state index contributed by atoms with van der Waals surface area (Å²) in [6.45, 7) is 0. The number of benzene rings is 1. The first-order valence-electron chi connectivity index (χ1n) is 3.61. The van der Waals surface area contributed by atoms with Crippen LogP contribution in [0.25, 0.3) is 0 Å². The molecule has 0 spiro atoms. The van der Waals surface area contributed by atoms with Crippen molar-refractivity contribution in [2.75, 3.05) is 5.32 Å². The second-order valence-electron chi connectivity index (χ2n) is 2.70. The predicted octanol–water partition coefficient (Wildman–Crippen LogP) is 2.14. The molecule has 1 aromatic rings. The summed E-state index contributed by atoms with van der Waals surface area (Å²) in [5.74, 6) is 0. The van der Waals surface area contributed by atoms with E-state index in [9.17, 15) is 5.11 Å². The van der Waals surface area contributed by atoms with Crippen LogP contribution in [0.1, 0.15) is 5.56 Å². The molecule has 1 aliphatic heterocycles. The van der Waals surface area contributed by atoms with Crippen molar-refractivity contribution in [1.29, 1.82) is 0 Å². The second-order valence-corrected chi connectivity index (χ2v) is 4.14. The highest BCUT2D eigenvalue weighted by atomic mass is 79.9. The van der Waals surface area contributed by atoms with E-state index in [1.807, 2.05) is 18.2 Å². The Labute approximate surface area is 88.6 Å². The maximum atomic E-state index is 9.34. The van der Waals surface area contributed by atoms with Gasteiger partial charge in [-0.1, -0.05) is 15.9 Å². The van der Waals surface area contributed by atoms with E-state index in [2.05, 4.69) is 26.2 Å². The van der Waals surface area contributed by atoms with Crippen LogP contribution in [0.15, 0.2) is 27.7 Å². The maximum absolute atomic E-state index is 9.34. The number of aliphatic hydroxyl groups is 1. The second kappa shape index (κ2) is 2.97. The lowest BCUT2D eigenvalue weighted by Gasteiger charge is -2.23. The van der Waals surface area contributed by atoms with Crippen LogP contribution in [-0.4, -0.2) is 16.6 Å². The van der Waals surface area contributed by atoms with Crippen molar-refractivity contribution < 1.29 is 5.11 Å². The van der Waals surface area contributed by atoms with Crippen molar-refractivity contribution in [1.82, 2.24) is 0 Å². The Hall–Kier alpha value is -0.580. The maximum Gasteiger partial charge on any atom is 0.317 e. The minimum Gasteiger partial charge on any atom is -0.340 e. The van der Waals surface area contributed by atoms with Crippen LogP contribution in [0, 0.1) is 0 Å². The molecule has 1 aliphatic rings. The van der Waals surface area contributed by atoms with Crippen molar-refractivity contribution >= 4 is 39.4 Å². The summed E-state index contributed by atoms with van der Waals surface area (Å²) in [5, 5.41) is 10.3. The summed E-state index contributed by atoms with van der Waals surface area (Å²) >= 11 is 8.91. The molecule has 0 saturated heterocycles. The van der Waals surface area contributed by atoms with Gasteiger partial charge in [0.25, 0.3) is 0 Å². The van der Waals surface area contributed by atoms with Crippen LogP contribution < -0.4 is 5.32 Å². The van der Waals surface area contributed by atoms with Crippen LogP contribution in [0.2, 0.25) is 0 Å². The first-order valence-corrected chi connectivity index (χ1v) is 4.78. The molecule has 13 heavy (non-hydrogen) atoms. The molecule has 1 aromatic carbocycles. The van der Waals surface area contributed by atoms with Gasteiger partial charge in [-0.2, -0.15) is 0 Å². The molecule has 2 rings (SSSR count). The third-order valence-corrected chi connectivity index (χ3v) is 2.37. The Bertz CT molecular complexity index is 378. The van der Waals surface area contributed by atoms with Gasteiger partial charge in [-0.25, -0.2) is 4.99 Å². The largest absolute Gasteiger partial charge is 0.340 e. The summed E-state index contributed by atoms with van der Waals surface area (Å²) in [5.41, 5.74) is 1.65. The number of alkyl halides is 1. The normalized spacial score (nSPS) is 25.2. The van der Waals surface area contributed by atoms with Gasteiger partial charge < -0.3 is 10.4 Å². The molecule has 1 heterocycles. The minimum atomic E-state index is -1.71. The fraction of sp³-hybridized carbons (Fsp3) is 0.125. The lowest BCUT2D eigenvalue weighted by Crippen LogP contribution is -2.32. The smallest absolute Gasteiger partial charge is 0.317 e. The van der Waals surface area contributed by atoms with Crippen molar-refractivity contribution in [2.45, 2.75) is 5.31 Å². The van der Waals surface area contributed by atoms with E-state index in [1.54, 1.807) is 0 Å². The average Bonchev–Trinajstić information content (AvgIpc) is 2.05. The Morgan fingerprint density at radius 2 is 2.31 bits per heavy atom. The molecule has 0 amide bonds. The van der Waals surface area contributed by atoms with Crippen LogP contribution in [-0.2, 0) is 0 Å². The van der Waals surface area contributed by atoms with Crippen LogP contribution >= 0.6 is 27.5 Å². The number of aliphatic imine (C=N–C) groups is 1. The zero-order valence-electron chi connectivity index (χ0n) is 6.46. The van der Waals surface area contributed by atoms with E-state index < -0.39 is 5.31 Å². The van der Waals surface area contributed by atoms with E-state index in [1.165, 1.54) is 6.21 Å². The monoisotopic (exact) mass is 260 g/mol. The quantitative estimate of drug-likeness (QED) is 0.555. The number of nitrogens with zero attached hydrogens (tertiary/aromatic N) is 1. The Kier molecular flexibility index (Phi) is 2.06. The van der Waals surface area contributed by atoms with E-state index in [0.29, 0.717) is 0 Å². The fourth-order valence-corrected chi connectivity index (χ4v) is 1.64. The van der Waals surface area contributed by atoms with Gasteiger partial charge in [0.1, 0.15) is 0 Å². The third kappa shape index (κ3) is 1.85. The number of anilines is 1.